The van der Waals surface area contributed by atoms with Crippen molar-refractivity contribution in [1.82, 2.24) is 9.80 Å². The zero-order valence-electron chi connectivity index (χ0n) is 27.9. The third kappa shape index (κ3) is 7.04. The molecule has 9 heteroatoms. The Labute approximate surface area is 287 Å². The summed E-state index contributed by atoms with van der Waals surface area (Å²) in [6.07, 6.45) is 7.51. The molecule has 2 aromatic carbocycles. The lowest BCUT2D eigenvalue weighted by atomic mass is 9.64. The number of aliphatic hydroxyl groups is 2. The second-order valence-corrected chi connectivity index (χ2v) is 14.7. The van der Waals surface area contributed by atoms with E-state index in [0.717, 1.165) is 24.0 Å². The number of benzene rings is 2. The number of Topliss-reactive ketones (excluding diaryl/α,β-unsaturated/α-hetero) is 1. The molecule has 1 amide bonds. The monoisotopic (exact) mass is 676 g/mol. The van der Waals surface area contributed by atoms with Crippen molar-refractivity contribution in [3.05, 3.63) is 105 Å². The molecule has 7 rings (SSSR count). The van der Waals surface area contributed by atoms with E-state index in [1.54, 1.807) is 23.1 Å². The molecular formula is C39H46ClFN2O5. The van der Waals surface area contributed by atoms with Crippen molar-refractivity contribution in [2.24, 2.45) is 5.41 Å². The molecule has 7 nitrogen and oxygen atoms in total. The van der Waals surface area contributed by atoms with Gasteiger partial charge in [0.15, 0.2) is 11.5 Å². The number of ketones is 1. The molecule has 2 bridgehead atoms. The summed E-state index contributed by atoms with van der Waals surface area (Å²) >= 11 is 6.36. The number of fused-ring (bicyclic) bond motifs is 8. The summed E-state index contributed by atoms with van der Waals surface area (Å²) in [5.41, 5.74) is 1.98. The van der Waals surface area contributed by atoms with Crippen molar-refractivity contribution in [2.75, 3.05) is 32.7 Å². The first kappa shape index (κ1) is 34.6. The Hall–Kier alpha value is -3.30. The number of aliphatic hydroxyl groups excluding tert-OH is 1. The second-order valence-electron chi connectivity index (χ2n) is 14.3. The average molecular weight is 677 g/mol. The molecule has 3 aliphatic carbocycles. The van der Waals surface area contributed by atoms with Crippen molar-refractivity contribution < 1.29 is 28.6 Å². The van der Waals surface area contributed by atoms with Crippen LogP contribution in [0, 0.1) is 11.2 Å². The number of hydrogen-bond donors (Lipinski definition) is 2. The summed E-state index contributed by atoms with van der Waals surface area (Å²) in [4.78, 5) is 31.0. The summed E-state index contributed by atoms with van der Waals surface area (Å²) in [5, 5.41) is 23.8. The summed E-state index contributed by atoms with van der Waals surface area (Å²) in [6.45, 7) is 7.09. The Kier molecular flexibility index (Phi) is 10.3. The lowest BCUT2D eigenvalue weighted by Crippen LogP contribution is -2.57. The van der Waals surface area contributed by atoms with E-state index in [2.05, 4.69) is 24.8 Å². The first-order valence-corrected chi connectivity index (χ1v) is 17.6. The lowest BCUT2D eigenvalue weighted by Gasteiger charge is -2.47. The molecule has 2 heterocycles. The maximum Gasteiger partial charge on any atom is 0.289 e. The van der Waals surface area contributed by atoms with Gasteiger partial charge in [0.05, 0.1) is 18.0 Å². The maximum absolute atomic E-state index is 14.9. The van der Waals surface area contributed by atoms with E-state index >= 15 is 0 Å². The number of halogens is 2. The van der Waals surface area contributed by atoms with Crippen LogP contribution < -0.4 is 0 Å². The molecule has 3 aromatic rings. The van der Waals surface area contributed by atoms with E-state index in [4.69, 9.17) is 16.0 Å². The van der Waals surface area contributed by atoms with E-state index < -0.39 is 22.9 Å². The highest BCUT2D eigenvalue weighted by Crippen LogP contribution is 2.59. The van der Waals surface area contributed by atoms with E-state index in [9.17, 15) is 24.2 Å². The first-order valence-electron chi connectivity index (χ1n) is 17.2. The Morgan fingerprint density at radius 1 is 1.06 bits per heavy atom. The molecule has 0 radical (unpaired) electrons. The van der Waals surface area contributed by atoms with Gasteiger partial charge >= 0.3 is 0 Å². The van der Waals surface area contributed by atoms with Gasteiger partial charge in [0.25, 0.3) is 5.91 Å². The van der Waals surface area contributed by atoms with Gasteiger partial charge in [0.2, 0.25) is 0 Å². The minimum absolute atomic E-state index is 0.121. The smallest absolute Gasteiger partial charge is 0.289 e. The van der Waals surface area contributed by atoms with Crippen LogP contribution >= 0.6 is 11.6 Å². The fraction of sp³-hybridized carbons (Fsp3) is 0.487. The van der Waals surface area contributed by atoms with E-state index in [0.29, 0.717) is 76.2 Å². The molecule has 2 N–H and O–H groups in total. The van der Waals surface area contributed by atoms with Crippen molar-refractivity contribution in [2.45, 2.75) is 82.8 Å². The van der Waals surface area contributed by atoms with Crippen LogP contribution in [0.3, 0.4) is 0 Å². The molecular weight excluding hydrogens is 631 g/mol. The third-order valence-electron chi connectivity index (χ3n) is 11.2. The predicted molar refractivity (Wildman–Crippen MR) is 184 cm³/mol. The van der Waals surface area contributed by atoms with Crippen LogP contribution in [0.4, 0.5) is 4.39 Å². The molecule has 48 heavy (non-hydrogen) atoms. The lowest BCUT2D eigenvalue weighted by molar-refractivity contribution is -0.0876. The van der Waals surface area contributed by atoms with E-state index in [1.165, 1.54) is 24.0 Å². The quantitative estimate of drug-likeness (QED) is 0.216. The van der Waals surface area contributed by atoms with Crippen molar-refractivity contribution >= 4 is 23.3 Å². The maximum atomic E-state index is 14.9. The molecule has 0 spiro atoms. The number of nitrogens with zero attached hydrogens (tertiary/aromatic N) is 2. The SMILES string of the molecule is CC1=CCC[C@@]2(C)[C@@H](CC[C@@]2(O)CN2CCN(C(=O)c3ccco3)CC2)c2ccc(cc2C(=O)Cc2c(F)cccc2Cl)C[C@@H](O)CC1. The summed E-state index contributed by atoms with van der Waals surface area (Å²) < 4.78 is 20.2. The number of amides is 1. The number of rotatable bonds is 6. The third-order valence-corrected chi connectivity index (χ3v) is 11.6. The molecule has 1 saturated heterocycles. The van der Waals surface area contributed by atoms with Gasteiger partial charge in [-0.2, -0.15) is 0 Å². The topological polar surface area (TPSA) is 94.2 Å². The van der Waals surface area contributed by atoms with Gasteiger partial charge in [-0.05, 0) is 99.2 Å². The fourth-order valence-corrected chi connectivity index (χ4v) is 8.46. The highest BCUT2D eigenvalue weighted by Gasteiger charge is 2.57. The normalized spacial score (nSPS) is 27.0. The molecule has 256 valence electrons. The summed E-state index contributed by atoms with van der Waals surface area (Å²) in [7, 11) is 0. The Morgan fingerprint density at radius 3 is 2.58 bits per heavy atom. The number of carbonyl (C=O) groups is 2. The van der Waals surface area contributed by atoms with E-state index in [-0.39, 0.29) is 34.6 Å². The molecule has 4 atom stereocenters. The van der Waals surface area contributed by atoms with Crippen LogP contribution in [0.2, 0.25) is 5.02 Å². The van der Waals surface area contributed by atoms with Gasteiger partial charge in [0, 0.05) is 60.7 Å². The molecule has 4 aliphatic rings. The van der Waals surface area contributed by atoms with Crippen LogP contribution in [0.5, 0.6) is 0 Å². The molecule has 1 aromatic heterocycles. The highest BCUT2D eigenvalue weighted by molar-refractivity contribution is 6.31. The van der Waals surface area contributed by atoms with Crippen LogP contribution in [-0.2, 0) is 12.8 Å². The highest BCUT2D eigenvalue weighted by atomic mass is 35.5. The van der Waals surface area contributed by atoms with Crippen LogP contribution in [0.25, 0.3) is 0 Å². The average Bonchev–Trinajstić information content (AvgIpc) is 3.69. The number of allylic oxidation sites excluding steroid dienone is 2. The number of piperazine rings is 1. The Bertz CT molecular complexity index is 1650. The van der Waals surface area contributed by atoms with Crippen molar-refractivity contribution in [1.29, 1.82) is 0 Å². The van der Waals surface area contributed by atoms with Crippen molar-refractivity contribution in [3.63, 3.8) is 0 Å². The minimum atomic E-state index is -1.05. The molecule has 2 fully saturated rings. The molecule has 0 unspecified atom stereocenters. The first-order chi connectivity index (χ1) is 23.0. The Balaban J connectivity index is 1.31. The standard InChI is InChI=1S/C39H46ClFN2O5/c1-26-6-4-15-38(2)32(14-16-39(38,47)25-42-17-19-43(20-18-42)37(46)36-9-5-21-48-36)29-13-11-27(22-28(44)12-10-26)23-30(29)35(45)24-31-33(40)7-3-8-34(31)41/h3,5-9,11,13,21,23,28,32,44,47H,4,10,12,14-20,22,24-25H2,1-2H3/t28-,32-,38-,39+/m0/s1. The molecule has 1 saturated carbocycles. The van der Waals surface area contributed by atoms with E-state index in [1.807, 2.05) is 18.2 Å². The number of carbonyl (C=O) groups excluding carboxylic acids is 2. The minimum Gasteiger partial charge on any atom is -0.459 e. The predicted octanol–water partition coefficient (Wildman–Crippen LogP) is 6.99. The largest absolute Gasteiger partial charge is 0.459 e. The van der Waals surface area contributed by atoms with Gasteiger partial charge < -0.3 is 19.5 Å². The summed E-state index contributed by atoms with van der Waals surface area (Å²) in [6, 6.07) is 13.7. The number of β-amino-alcohol motifs (C(OH)–C–C–N with tert-alkyl or cyclic N) is 1. The van der Waals surface area contributed by atoms with Gasteiger partial charge in [0.1, 0.15) is 5.82 Å². The number of hydrogen-bond acceptors (Lipinski definition) is 6. The van der Waals surface area contributed by atoms with Gasteiger partial charge in [-0.25, -0.2) is 4.39 Å². The van der Waals surface area contributed by atoms with Crippen LogP contribution in [-0.4, -0.2) is 76.1 Å². The zero-order valence-corrected chi connectivity index (χ0v) is 28.6. The summed E-state index contributed by atoms with van der Waals surface area (Å²) in [5.74, 6) is -0.663. The second kappa shape index (κ2) is 14.3. The Morgan fingerprint density at radius 2 is 1.85 bits per heavy atom. The van der Waals surface area contributed by atoms with Crippen LogP contribution in [0.15, 0.2) is 70.9 Å². The van der Waals surface area contributed by atoms with Crippen molar-refractivity contribution in [3.8, 4) is 0 Å². The van der Waals surface area contributed by atoms with Gasteiger partial charge in [-0.15, -0.1) is 0 Å². The van der Waals surface area contributed by atoms with Gasteiger partial charge in [-0.3, -0.25) is 14.5 Å². The number of furan rings is 1. The zero-order chi connectivity index (χ0) is 34.1. The van der Waals surface area contributed by atoms with Gasteiger partial charge in [-0.1, -0.05) is 48.4 Å². The fourth-order valence-electron chi connectivity index (χ4n) is 8.23. The molecule has 1 aliphatic heterocycles. The van der Waals surface area contributed by atoms with Crippen LogP contribution in [0.1, 0.15) is 95.9 Å².